The Morgan fingerprint density at radius 1 is 0.913 bits per heavy atom. The number of sulfonamides is 2. The van der Waals surface area contributed by atoms with Crippen LogP contribution in [-0.2, 0) is 20.0 Å². The Labute approximate surface area is 134 Å². The second-order valence-corrected chi connectivity index (χ2v) is 8.71. The van der Waals surface area contributed by atoms with Crippen LogP contribution in [0, 0.1) is 5.82 Å². The molecule has 0 unspecified atom stereocenters. The predicted octanol–water partition coefficient (Wildman–Crippen LogP) is 1.88. The van der Waals surface area contributed by atoms with Crippen LogP contribution in [0.3, 0.4) is 0 Å². The first-order valence-corrected chi connectivity index (χ1v) is 9.36. The number of hydrogen-bond donors (Lipinski definition) is 1. The Balaban J connectivity index is 2.36. The fraction of sp³-hybridized carbons (Fsp3) is 0.143. The molecule has 2 aromatic rings. The van der Waals surface area contributed by atoms with Crippen LogP contribution >= 0.6 is 0 Å². The maximum Gasteiger partial charge on any atom is 0.261 e. The summed E-state index contributed by atoms with van der Waals surface area (Å²) in [5.74, 6) is -0.553. The van der Waals surface area contributed by atoms with E-state index in [0.717, 1.165) is 28.6 Å². The molecule has 124 valence electrons. The summed E-state index contributed by atoms with van der Waals surface area (Å²) in [5, 5.41) is 0. The number of halogens is 1. The van der Waals surface area contributed by atoms with Crippen molar-refractivity contribution in [3.8, 4) is 0 Å². The van der Waals surface area contributed by atoms with Gasteiger partial charge in [0.1, 0.15) is 5.82 Å². The van der Waals surface area contributed by atoms with Crippen LogP contribution in [0.5, 0.6) is 0 Å². The molecule has 0 saturated heterocycles. The van der Waals surface area contributed by atoms with Crippen LogP contribution < -0.4 is 4.72 Å². The molecule has 0 aliphatic rings. The quantitative estimate of drug-likeness (QED) is 0.884. The van der Waals surface area contributed by atoms with Gasteiger partial charge in [-0.05, 0) is 42.5 Å². The number of nitrogens with zero attached hydrogens (tertiary/aromatic N) is 1. The monoisotopic (exact) mass is 358 g/mol. The van der Waals surface area contributed by atoms with Gasteiger partial charge in [0.15, 0.2) is 0 Å². The summed E-state index contributed by atoms with van der Waals surface area (Å²) in [5.41, 5.74) is 0.0947. The van der Waals surface area contributed by atoms with Gasteiger partial charge in [0.25, 0.3) is 10.0 Å². The van der Waals surface area contributed by atoms with Gasteiger partial charge in [-0.15, -0.1) is 0 Å². The highest BCUT2D eigenvalue weighted by Gasteiger charge is 2.19. The molecule has 0 bridgehead atoms. The lowest BCUT2D eigenvalue weighted by atomic mass is 10.3. The van der Waals surface area contributed by atoms with Crippen molar-refractivity contribution in [3.63, 3.8) is 0 Å². The normalized spacial score (nSPS) is 12.3. The minimum absolute atomic E-state index is 0.0400. The van der Waals surface area contributed by atoms with Crippen LogP contribution in [0.1, 0.15) is 0 Å². The van der Waals surface area contributed by atoms with Gasteiger partial charge in [-0.1, -0.05) is 6.07 Å². The van der Waals surface area contributed by atoms with Crippen LogP contribution in [0.15, 0.2) is 58.3 Å². The Kier molecular flexibility index (Phi) is 4.73. The summed E-state index contributed by atoms with van der Waals surface area (Å²) in [6.45, 7) is 0. The van der Waals surface area contributed by atoms with E-state index in [1.165, 1.54) is 38.4 Å². The lowest BCUT2D eigenvalue weighted by Crippen LogP contribution is -2.22. The van der Waals surface area contributed by atoms with Crippen LogP contribution in [0.2, 0.25) is 0 Å². The van der Waals surface area contributed by atoms with Gasteiger partial charge in [-0.3, -0.25) is 4.72 Å². The van der Waals surface area contributed by atoms with Crippen molar-refractivity contribution in [2.24, 2.45) is 0 Å². The summed E-state index contributed by atoms with van der Waals surface area (Å²) in [7, 11) is -4.85. The van der Waals surface area contributed by atoms with Crippen molar-refractivity contribution < 1.29 is 21.2 Å². The Bertz CT molecular complexity index is 908. The average molecular weight is 358 g/mol. The van der Waals surface area contributed by atoms with Crippen molar-refractivity contribution in [3.05, 3.63) is 54.3 Å². The molecule has 6 nitrogen and oxygen atoms in total. The molecule has 23 heavy (non-hydrogen) atoms. The summed E-state index contributed by atoms with van der Waals surface area (Å²) >= 11 is 0. The lowest BCUT2D eigenvalue weighted by molar-refractivity contribution is 0.520. The minimum atomic E-state index is -3.94. The van der Waals surface area contributed by atoms with Crippen molar-refractivity contribution in [2.45, 2.75) is 9.79 Å². The summed E-state index contributed by atoms with van der Waals surface area (Å²) in [6, 6.07) is 9.75. The average Bonchev–Trinajstić information content (AvgIpc) is 2.47. The van der Waals surface area contributed by atoms with Crippen LogP contribution in [-0.4, -0.2) is 35.2 Å². The molecule has 0 aliphatic carbocycles. The highest BCUT2D eigenvalue weighted by atomic mass is 32.2. The van der Waals surface area contributed by atoms with E-state index in [1.54, 1.807) is 0 Å². The molecule has 9 heteroatoms. The minimum Gasteiger partial charge on any atom is -0.280 e. The molecule has 2 rings (SSSR count). The molecule has 0 heterocycles. The number of rotatable bonds is 5. The van der Waals surface area contributed by atoms with Crippen LogP contribution in [0.4, 0.5) is 10.1 Å². The maximum absolute atomic E-state index is 12.9. The number of hydrogen-bond acceptors (Lipinski definition) is 4. The standard InChI is InChI=1S/C14H15FN2O4S2/c1-17(2)23(20,21)14-5-3-4-12(10-14)16-22(18,19)13-8-6-11(15)7-9-13/h3-10,16H,1-2H3. The van der Waals surface area contributed by atoms with E-state index >= 15 is 0 Å². The molecule has 0 aromatic heterocycles. The van der Waals surface area contributed by atoms with Gasteiger partial charge in [-0.25, -0.2) is 25.5 Å². The molecular formula is C14H15FN2O4S2. The third-order valence-corrected chi connectivity index (χ3v) is 6.20. The van der Waals surface area contributed by atoms with Gasteiger partial charge in [0, 0.05) is 14.1 Å². The smallest absolute Gasteiger partial charge is 0.261 e. The molecule has 0 saturated carbocycles. The van der Waals surface area contributed by atoms with E-state index in [0.29, 0.717) is 0 Å². The van der Waals surface area contributed by atoms with Gasteiger partial charge >= 0.3 is 0 Å². The Morgan fingerprint density at radius 3 is 2.09 bits per heavy atom. The first-order chi connectivity index (χ1) is 10.6. The van der Waals surface area contributed by atoms with E-state index in [2.05, 4.69) is 4.72 Å². The van der Waals surface area contributed by atoms with Gasteiger partial charge in [0.05, 0.1) is 15.5 Å². The molecule has 2 aromatic carbocycles. The van der Waals surface area contributed by atoms with E-state index in [4.69, 9.17) is 0 Å². The zero-order chi connectivity index (χ0) is 17.3. The largest absolute Gasteiger partial charge is 0.280 e. The molecule has 0 fully saturated rings. The fourth-order valence-corrected chi connectivity index (χ4v) is 3.76. The van der Waals surface area contributed by atoms with E-state index in [-0.39, 0.29) is 15.5 Å². The number of benzene rings is 2. The molecule has 0 aliphatic heterocycles. The zero-order valence-electron chi connectivity index (χ0n) is 12.4. The predicted molar refractivity (Wildman–Crippen MR) is 84.5 cm³/mol. The van der Waals surface area contributed by atoms with Gasteiger partial charge < -0.3 is 0 Å². The highest BCUT2D eigenvalue weighted by molar-refractivity contribution is 7.92. The van der Waals surface area contributed by atoms with Crippen molar-refractivity contribution in [1.29, 1.82) is 0 Å². The zero-order valence-corrected chi connectivity index (χ0v) is 14.0. The van der Waals surface area contributed by atoms with E-state index in [9.17, 15) is 21.2 Å². The maximum atomic E-state index is 12.9. The molecule has 1 N–H and O–H groups in total. The molecule has 0 radical (unpaired) electrons. The third-order valence-electron chi connectivity index (χ3n) is 2.99. The fourth-order valence-electron chi connectivity index (χ4n) is 1.76. The van der Waals surface area contributed by atoms with E-state index in [1.807, 2.05) is 0 Å². The summed E-state index contributed by atoms with van der Waals surface area (Å²) in [6.07, 6.45) is 0. The molecule has 0 amide bonds. The highest BCUT2D eigenvalue weighted by Crippen LogP contribution is 2.21. The third kappa shape index (κ3) is 3.87. The SMILES string of the molecule is CN(C)S(=O)(=O)c1cccc(NS(=O)(=O)c2ccc(F)cc2)c1. The summed E-state index contributed by atoms with van der Waals surface area (Å²) < 4.78 is 64.7. The topological polar surface area (TPSA) is 83.6 Å². The molecular weight excluding hydrogens is 343 g/mol. The number of nitrogens with one attached hydrogen (secondary N) is 1. The second kappa shape index (κ2) is 6.26. The Morgan fingerprint density at radius 2 is 1.52 bits per heavy atom. The van der Waals surface area contributed by atoms with Crippen molar-refractivity contribution >= 4 is 25.7 Å². The van der Waals surface area contributed by atoms with Crippen molar-refractivity contribution in [2.75, 3.05) is 18.8 Å². The van der Waals surface area contributed by atoms with Gasteiger partial charge in [-0.2, -0.15) is 0 Å². The lowest BCUT2D eigenvalue weighted by Gasteiger charge is -2.13. The van der Waals surface area contributed by atoms with Gasteiger partial charge in [0.2, 0.25) is 10.0 Å². The molecule has 0 atom stereocenters. The second-order valence-electron chi connectivity index (χ2n) is 4.87. The summed E-state index contributed by atoms with van der Waals surface area (Å²) in [4.78, 5) is -0.165. The first kappa shape index (κ1) is 17.4. The van der Waals surface area contributed by atoms with Crippen LogP contribution in [0.25, 0.3) is 0 Å². The number of anilines is 1. The molecule has 0 spiro atoms. The first-order valence-electron chi connectivity index (χ1n) is 6.44. The Hall–Kier alpha value is -1.97. The van der Waals surface area contributed by atoms with Crippen molar-refractivity contribution in [1.82, 2.24) is 4.31 Å². The van der Waals surface area contributed by atoms with E-state index < -0.39 is 25.9 Å².